The number of benzene rings is 3. The molecule has 1 N–H and O–H groups in total. The predicted octanol–water partition coefficient (Wildman–Crippen LogP) is 4.97. The van der Waals surface area contributed by atoms with Gasteiger partial charge in [-0.15, -0.1) is 0 Å². The SMILES string of the molecule is CC[C@@H](C)NC(=O)[C@H](C)N(Cc1cccc(C)c1)C(=O)CN(c1ccc(F)cc1)S(=O)(=O)c1ccc(C)cc1. The molecular formula is C30H36FN3O4S. The lowest BCUT2D eigenvalue weighted by molar-refractivity contribution is -0.139. The van der Waals surface area contributed by atoms with E-state index >= 15 is 0 Å². The van der Waals surface area contributed by atoms with Crippen molar-refractivity contribution in [2.24, 2.45) is 0 Å². The summed E-state index contributed by atoms with van der Waals surface area (Å²) in [5.41, 5.74) is 2.81. The lowest BCUT2D eigenvalue weighted by Gasteiger charge is -2.32. The third-order valence-corrected chi connectivity index (χ3v) is 8.39. The van der Waals surface area contributed by atoms with Gasteiger partial charge in [0.25, 0.3) is 10.0 Å². The van der Waals surface area contributed by atoms with Crippen molar-refractivity contribution < 1.29 is 22.4 Å². The minimum absolute atomic E-state index is 0.00183. The molecule has 0 saturated heterocycles. The Balaban J connectivity index is 2.02. The zero-order valence-corrected chi connectivity index (χ0v) is 23.8. The minimum Gasteiger partial charge on any atom is -0.352 e. The van der Waals surface area contributed by atoms with Crippen LogP contribution in [0.2, 0.25) is 0 Å². The Morgan fingerprint density at radius 2 is 1.56 bits per heavy atom. The summed E-state index contributed by atoms with van der Waals surface area (Å²) in [5, 5.41) is 2.91. The Kier molecular flexibility index (Phi) is 9.86. The average Bonchev–Trinajstić information content (AvgIpc) is 2.90. The molecule has 0 aliphatic heterocycles. The number of carbonyl (C=O) groups excluding carboxylic acids is 2. The number of anilines is 1. The van der Waals surface area contributed by atoms with E-state index in [4.69, 9.17) is 0 Å². The van der Waals surface area contributed by atoms with E-state index in [0.29, 0.717) is 0 Å². The second-order valence-electron chi connectivity index (χ2n) is 9.81. The van der Waals surface area contributed by atoms with Crippen molar-refractivity contribution in [1.29, 1.82) is 0 Å². The first-order valence-electron chi connectivity index (χ1n) is 12.9. The van der Waals surface area contributed by atoms with E-state index in [1.807, 2.05) is 52.0 Å². The predicted molar refractivity (Wildman–Crippen MR) is 151 cm³/mol. The van der Waals surface area contributed by atoms with Gasteiger partial charge >= 0.3 is 0 Å². The van der Waals surface area contributed by atoms with Gasteiger partial charge in [0.15, 0.2) is 0 Å². The number of sulfonamides is 1. The van der Waals surface area contributed by atoms with E-state index in [0.717, 1.165) is 39.5 Å². The number of carbonyl (C=O) groups is 2. The highest BCUT2D eigenvalue weighted by Crippen LogP contribution is 2.25. The maximum absolute atomic E-state index is 13.9. The molecule has 7 nitrogen and oxygen atoms in total. The number of hydrogen-bond donors (Lipinski definition) is 1. The van der Waals surface area contributed by atoms with E-state index < -0.39 is 34.3 Å². The third-order valence-electron chi connectivity index (χ3n) is 6.61. The van der Waals surface area contributed by atoms with Crippen molar-refractivity contribution in [2.45, 2.75) is 64.6 Å². The number of amides is 2. The molecule has 0 aliphatic carbocycles. The Bertz CT molecular complexity index is 1390. The molecule has 0 unspecified atom stereocenters. The molecule has 3 rings (SSSR count). The molecule has 0 saturated carbocycles. The quantitative estimate of drug-likeness (QED) is 0.363. The van der Waals surface area contributed by atoms with Crippen LogP contribution in [-0.2, 0) is 26.2 Å². The average molecular weight is 554 g/mol. The van der Waals surface area contributed by atoms with Gasteiger partial charge in [-0.2, -0.15) is 0 Å². The Morgan fingerprint density at radius 3 is 2.15 bits per heavy atom. The third kappa shape index (κ3) is 7.66. The van der Waals surface area contributed by atoms with Gasteiger partial charge in [-0.25, -0.2) is 12.8 Å². The van der Waals surface area contributed by atoms with Gasteiger partial charge in [0.05, 0.1) is 10.6 Å². The number of nitrogens with one attached hydrogen (secondary N) is 1. The van der Waals surface area contributed by atoms with Gasteiger partial charge in [0.1, 0.15) is 18.4 Å². The molecule has 208 valence electrons. The number of hydrogen-bond acceptors (Lipinski definition) is 4. The van der Waals surface area contributed by atoms with Gasteiger partial charge in [0.2, 0.25) is 11.8 Å². The standard InChI is InChI=1S/C30H36FN3O4S/c1-6-23(4)32-30(36)24(5)33(19-25-9-7-8-22(3)18-25)29(35)20-34(27-14-12-26(31)13-15-27)39(37,38)28-16-10-21(2)11-17-28/h7-18,23-24H,6,19-20H2,1-5H3,(H,32,36)/t23-,24+/m1/s1. The van der Waals surface area contributed by atoms with Gasteiger partial charge in [0, 0.05) is 12.6 Å². The van der Waals surface area contributed by atoms with E-state index in [9.17, 15) is 22.4 Å². The van der Waals surface area contributed by atoms with E-state index in [-0.39, 0.29) is 29.1 Å². The summed E-state index contributed by atoms with van der Waals surface area (Å²) in [5.74, 6) is -1.43. The molecule has 0 aromatic heterocycles. The van der Waals surface area contributed by atoms with Crippen molar-refractivity contribution >= 4 is 27.5 Å². The van der Waals surface area contributed by atoms with E-state index in [2.05, 4.69) is 5.32 Å². The van der Waals surface area contributed by atoms with Gasteiger partial charge < -0.3 is 10.2 Å². The number of aryl methyl sites for hydroxylation is 2. The molecule has 3 aromatic carbocycles. The van der Waals surface area contributed by atoms with Crippen LogP contribution in [0.15, 0.2) is 77.7 Å². The number of rotatable bonds is 11. The topological polar surface area (TPSA) is 86.8 Å². The highest BCUT2D eigenvalue weighted by Gasteiger charge is 2.32. The largest absolute Gasteiger partial charge is 0.352 e. The molecule has 0 spiro atoms. The first-order chi connectivity index (χ1) is 18.4. The van der Waals surface area contributed by atoms with Crippen LogP contribution in [0.25, 0.3) is 0 Å². The van der Waals surface area contributed by atoms with Crippen LogP contribution < -0.4 is 9.62 Å². The van der Waals surface area contributed by atoms with Crippen molar-refractivity contribution in [1.82, 2.24) is 10.2 Å². The second kappa shape index (κ2) is 12.9. The van der Waals surface area contributed by atoms with Crippen molar-refractivity contribution in [3.8, 4) is 0 Å². The van der Waals surface area contributed by atoms with Crippen LogP contribution in [0.5, 0.6) is 0 Å². The highest BCUT2D eigenvalue weighted by molar-refractivity contribution is 7.92. The fourth-order valence-corrected chi connectivity index (χ4v) is 5.44. The molecular weight excluding hydrogens is 517 g/mol. The van der Waals surface area contributed by atoms with Crippen molar-refractivity contribution in [3.63, 3.8) is 0 Å². The smallest absolute Gasteiger partial charge is 0.264 e. The van der Waals surface area contributed by atoms with Crippen molar-refractivity contribution in [2.75, 3.05) is 10.8 Å². The zero-order chi connectivity index (χ0) is 28.7. The molecule has 0 aliphatic rings. The summed E-state index contributed by atoms with van der Waals surface area (Å²) in [6.07, 6.45) is 0.720. The van der Waals surface area contributed by atoms with Crippen LogP contribution in [0.1, 0.15) is 43.9 Å². The highest BCUT2D eigenvalue weighted by atomic mass is 32.2. The van der Waals surface area contributed by atoms with Crippen LogP contribution in [0.3, 0.4) is 0 Å². The monoisotopic (exact) mass is 553 g/mol. The Labute approximate surface area is 230 Å². The van der Waals surface area contributed by atoms with Crippen molar-refractivity contribution in [3.05, 3.63) is 95.3 Å². The molecule has 2 amide bonds. The molecule has 0 radical (unpaired) electrons. The lowest BCUT2D eigenvalue weighted by atomic mass is 10.1. The molecule has 39 heavy (non-hydrogen) atoms. The van der Waals surface area contributed by atoms with E-state index in [1.165, 1.54) is 29.2 Å². The zero-order valence-electron chi connectivity index (χ0n) is 23.0. The Hall–Kier alpha value is -3.72. The van der Waals surface area contributed by atoms with Crippen LogP contribution >= 0.6 is 0 Å². The molecule has 0 bridgehead atoms. The summed E-state index contributed by atoms with van der Waals surface area (Å²) < 4.78 is 42.2. The second-order valence-corrected chi connectivity index (χ2v) is 11.7. The maximum atomic E-state index is 13.9. The van der Waals surface area contributed by atoms with Crippen LogP contribution in [-0.4, -0.2) is 43.8 Å². The summed E-state index contributed by atoms with van der Waals surface area (Å²) in [7, 11) is -4.20. The normalized spacial score (nSPS) is 12.9. The fourth-order valence-electron chi connectivity index (χ4n) is 4.03. The van der Waals surface area contributed by atoms with E-state index in [1.54, 1.807) is 19.1 Å². The molecule has 9 heteroatoms. The number of nitrogens with zero attached hydrogens (tertiary/aromatic N) is 2. The molecule has 3 aromatic rings. The first kappa shape index (κ1) is 29.8. The van der Waals surface area contributed by atoms with Crippen LogP contribution in [0.4, 0.5) is 10.1 Å². The summed E-state index contributed by atoms with van der Waals surface area (Å²) in [4.78, 5) is 28.3. The number of halogens is 1. The van der Waals surface area contributed by atoms with Gasteiger partial charge in [-0.1, -0.05) is 54.4 Å². The Morgan fingerprint density at radius 1 is 0.923 bits per heavy atom. The lowest BCUT2D eigenvalue weighted by Crippen LogP contribution is -2.52. The summed E-state index contributed by atoms with van der Waals surface area (Å²) in [6, 6.07) is 17.8. The fraction of sp³-hybridized carbons (Fsp3) is 0.333. The maximum Gasteiger partial charge on any atom is 0.264 e. The first-order valence-corrected chi connectivity index (χ1v) is 14.4. The minimum atomic E-state index is -4.20. The van der Waals surface area contributed by atoms with Crippen LogP contribution in [0, 0.1) is 19.7 Å². The molecule has 0 fully saturated rings. The summed E-state index contributed by atoms with van der Waals surface area (Å²) in [6.45, 7) is 8.75. The molecule has 0 heterocycles. The summed E-state index contributed by atoms with van der Waals surface area (Å²) >= 11 is 0. The molecule has 2 atom stereocenters. The van der Waals surface area contributed by atoms with Gasteiger partial charge in [-0.05, 0) is 76.1 Å². The van der Waals surface area contributed by atoms with Gasteiger partial charge in [-0.3, -0.25) is 13.9 Å².